The van der Waals surface area contributed by atoms with E-state index in [1.807, 2.05) is 37.3 Å². The Hall–Kier alpha value is -1.28. The minimum Gasteiger partial charge on any atom is -0.354 e. The van der Waals surface area contributed by atoms with Gasteiger partial charge in [0.15, 0.2) is 5.76 Å². The second-order valence-corrected chi connectivity index (χ2v) is 3.16. The Morgan fingerprint density at radius 3 is 2.46 bits per heavy atom. The number of hydrogen-bond acceptors (Lipinski definition) is 2. The molecule has 0 aliphatic heterocycles. The highest BCUT2D eigenvalue weighted by Crippen LogP contribution is 2.29. The second-order valence-electron chi connectivity index (χ2n) is 2.78. The maximum absolute atomic E-state index is 5.99. The van der Waals surface area contributed by atoms with E-state index in [1.165, 1.54) is 0 Å². The lowest BCUT2D eigenvalue weighted by Gasteiger charge is -1.93. The summed E-state index contributed by atoms with van der Waals surface area (Å²) < 4.78 is 5.10. The zero-order valence-electron chi connectivity index (χ0n) is 7.12. The molecule has 1 aromatic heterocycles. The van der Waals surface area contributed by atoms with E-state index in [1.54, 1.807) is 0 Å². The van der Waals surface area contributed by atoms with E-state index in [0.717, 1.165) is 11.3 Å². The van der Waals surface area contributed by atoms with Gasteiger partial charge in [-0.2, -0.15) is 0 Å². The van der Waals surface area contributed by atoms with E-state index < -0.39 is 0 Å². The summed E-state index contributed by atoms with van der Waals surface area (Å²) in [5, 5.41) is 4.37. The van der Waals surface area contributed by atoms with Crippen molar-refractivity contribution in [2.75, 3.05) is 0 Å². The molecule has 2 nitrogen and oxygen atoms in total. The van der Waals surface area contributed by atoms with Crippen LogP contribution in [-0.2, 0) is 0 Å². The fraction of sp³-hybridized carbons (Fsp3) is 0.100. The molecule has 0 fully saturated rings. The first kappa shape index (κ1) is 8.32. The molecule has 2 aromatic rings. The van der Waals surface area contributed by atoms with Crippen molar-refractivity contribution in [3.05, 3.63) is 41.0 Å². The van der Waals surface area contributed by atoms with Crippen molar-refractivity contribution in [1.82, 2.24) is 5.16 Å². The summed E-state index contributed by atoms with van der Waals surface area (Å²) in [6.07, 6.45) is 0. The van der Waals surface area contributed by atoms with Crippen molar-refractivity contribution >= 4 is 11.6 Å². The first-order chi connectivity index (χ1) is 6.29. The number of hydrogen-bond donors (Lipinski definition) is 0. The molecule has 0 spiro atoms. The van der Waals surface area contributed by atoms with Crippen LogP contribution in [0, 0.1) is 6.92 Å². The predicted octanol–water partition coefficient (Wildman–Crippen LogP) is 3.30. The first-order valence-electron chi connectivity index (χ1n) is 3.96. The van der Waals surface area contributed by atoms with E-state index in [4.69, 9.17) is 16.1 Å². The predicted molar refractivity (Wildman–Crippen MR) is 51.7 cm³/mol. The Bertz CT molecular complexity index is 408. The van der Waals surface area contributed by atoms with Gasteiger partial charge in [0, 0.05) is 5.56 Å². The fourth-order valence-electron chi connectivity index (χ4n) is 1.13. The lowest BCUT2D eigenvalue weighted by atomic mass is 10.2. The Balaban J connectivity index is 2.53. The third-order valence-electron chi connectivity index (χ3n) is 1.83. The molecule has 0 saturated carbocycles. The highest BCUT2D eigenvalue weighted by molar-refractivity contribution is 6.33. The van der Waals surface area contributed by atoms with Gasteiger partial charge in [-0.3, -0.25) is 0 Å². The maximum atomic E-state index is 5.99. The highest BCUT2D eigenvalue weighted by Gasteiger charge is 2.11. The van der Waals surface area contributed by atoms with Gasteiger partial charge in [0.05, 0.1) is 5.69 Å². The molecule has 3 heteroatoms. The molecule has 0 saturated heterocycles. The van der Waals surface area contributed by atoms with Crippen molar-refractivity contribution in [3.63, 3.8) is 0 Å². The van der Waals surface area contributed by atoms with Crippen molar-refractivity contribution in [2.24, 2.45) is 0 Å². The van der Waals surface area contributed by atoms with Gasteiger partial charge in [-0.05, 0) is 6.92 Å². The van der Waals surface area contributed by atoms with Gasteiger partial charge in [-0.15, -0.1) is 0 Å². The molecule has 2 rings (SSSR count). The molecule has 13 heavy (non-hydrogen) atoms. The molecule has 0 amide bonds. The Kier molecular flexibility index (Phi) is 2.07. The first-order valence-corrected chi connectivity index (χ1v) is 4.34. The lowest BCUT2D eigenvalue weighted by Crippen LogP contribution is -1.73. The van der Waals surface area contributed by atoms with Crippen LogP contribution in [0.4, 0.5) is 0 Å². The van der Waals surface area contributed by atoms with Gasteiger partial charge in [-0.1, -0.05) is 47.1 Å². The molecule has 0 unspecified atom stereocenters. The Labute approximate surface area is 81.1 Å². The van der Waals surface area contributed by atoms with Gasteiger partial charge in [-0.25, -0.2) is 0 Å². The van der Waals surface area contributed by atoms with Gasteiger partial charge in [0.25, 0.3) is 0 Å². The van der Waals surface area contributed by atoms with E-state index >= 15 is 0 Å². The largest absolute Gasteiger partial charge is 0.354 e. The van der Waals surface area contributed by atoms with E-state index in [0.29, 0.717) is 10.8 Å². The third kappa shape index (κ3) is 1.45. The van der Waals surface area contributed by atoms with Crippen LogP contribution in [0.1, 0.15) is 5.69 Å². The van der Waals surface area contributed by atoms with Crippen LogP contribution in [-0.4, -0.2) is 5.16 Å². The monoisotopic (exact) mass is 193 g/mol. The summed E-state index contributed by atoms with van der Waals surface area (Å²) in [5.74, 6) is 0.639. The Morgan fingerprint density at radius 1 is 1.23 bits per heavy atom. The summed E-state index contributed by atoms with van der Waals surface area (Å²) in [5.41, 5.74) is 1.67. The van der Waals surface area contributed by atoms with Crippen LogP contribution < -0.4 is 0 Å². The average molecular weight is 194 g/mol. The molecular weight excluding hydrogens is 186 g/mol. The molecule has 0 aliphatic carbocycles. The summed E-state index contributed by atoms with van der Waals surface area (Å²) in [6, 6.07) is 9.69. The third-order valence-corrected chi connectivity index (χ3v) is 2.27. The normalized spacial score (nSPS) is 10.3. The van der Waals surface area contributed by atoms with E-state index in [-0.39, 0.29) is 0 Å². The molecule has 0 aliphatic rings. The summed E-state index contributed by atoms with van der Waals surface area (Å²) in [7, 11) is 0. The molecular formula is C10H8ClNO. The standard InChI is InChI=1S/C10H8ClNO/c1-7-9(11)10(13-12-7)8-5-3-2-4-6-8/h2-6H,1H3. The van der Waals surface area contributed by atoms with Crippen molar-refractivity contribution in [1.29, 1.82) is 0 Å². The smallest absolute Gasteiger partial charge is 0.185 e. The van der Waals surface area contributed by atoms with Crippen molar-refractivity contribution in [2.45, 2.75) is 6.92 Å². The van der Waals surface area contributed by atoms with E-state index in [2.05, 4.69) is 5.16 Å². The minimum atomic E-state index is 0.589. The molecule has 1 aromatic carbocycles. The molecule has 1 heterocycles. The number of aryl methyl sites for hydroxylation is 1. The molecule has 66 valence electrons. The SMILES string of the molecule is Cc1noc(-c2ccccc2)c1Cl. The van der Waals surface area contributed by atoms with Gasteiger partial charge in [0.1, 0.15) is 5.02 Å². The fourth-order valence-corrected chi connectivity index (χ4v) is 1.31. The molecule has 0 radical (unpaired) electrons. The highest BCUT2D eigenvalue weighted by atomic mass is 35.5. The quantitative estimate of drug-likeness (QED) is 0.695. The number of rotatable bonds is 1. The van der Waals surface area contributed by atoms with Crippen LogP contribution in [0.2, 0.25) is 5.02 Å². The summed E-state index contributed by atoms with van der Waals surface area (Å²) >= 11 is 5.99. The van der Waals surface area contributed by atoms with Crippen LogP contribution in [0.25, 0.3) is 11.3 Å². The second kappa shape index (κ2) is 3.23. The maximum Gasteiger partial charge on any atom is 0.185 e. The van der Waals surface area contributed by atoms with Gasteiger partial charge < -0.3 is 4.52 Å². The van der Waals surface area contributed by atoms with Gasteiger partial charge >= 0.3 is 0 Å². The number of aromatic nitrogens is 1. The van der Waals surface area contributed by atoms with Crippen LogP contribution >= 0.6 is 11.6 Å². The molecule has 0 bridgehead atoms. The van der Waals surface area contributed by atoms with Crippen LogP contribution in [0.3, 0.4) is 0 Å². The topological polar surface area (TPSA) is 26.0 Å². The summed E-state index contributed by atoms with van der Waals surface area (Å²) in [6.45, 7) is 1.82. The summed E-state index contributed by atoms with van der Waals surface area (Å²) in [4.78, 5) is 0. The minimum absolute atomic E-state index is 0.589. The zero-order chi connectivity index (χ0) is 9.26. The number of halogens is 1. The molecule has 0 atom stereocenters. The van der Waals surface area contributed by atoms with Crippen molar-refractivity contribution < 1.29 is 4.52 Å². The Morgan fingerprint density at radius 2 is 1.92 bits per heavy atom. The van der Waals surface area contributed by atoms with Gasteiger partial charge in [0.2, 0.25) is 0 Å². The van der Waals surface area contributed by atoms with Crippen LogP contribution in [0.5, 0.6) is 0 Å². The average Bonchev–Trinajstić information content (AvgIpc) is 2.49. The zero-order valence-corrected chi connectivity index (χ0v) is 7.88. The van der Waals surface area contributed by atoms with Crippen LogP contribution in [0.15, 0.2) is 34.9 Å². The number of benzene rings is 1. The molecule has 0 N–H and O–H groups in total. The number of nitrogens with zero attached hydrogens (tertiary/aromatic N) is 1. The van der Waals surface area contributed by atoms with Crippen molar-refractivity contribution in [3.8, 4) is 11.3 Å². The lowest BCUT2D eigenvalue weighted by molar-refractivity contribution is 0.427. The van der Waals surface area contributed by atoms with E-state index in [9.17, 15) is 0 Å².